The number of fused-ring (bicyclic) bond motifs is 3. The lowest BCUT2D eigenvalue weighted by Crippen LogP contribution is -2.39. The molecule has 1 atom stereocenters. The van der Waals surface area contributed by atoms with Crippen LogP contribution in [0.5, 0.6) is 0 Å². The van der Waals surface area contributed by atoms with E-state index in [1.807, 2.05) is 0 Å². The predicted molar refractivity (Wildman–Crippen MR) is 149 cm³/mol. The maximum absolute atomic E-state index is 12.0. The second-order valence-electron chi connectivity index (χ2n) is 11.8. The molecule has 1 fully saturated rings. The first-order valence-corrected chi connectivity index (χ1v) is 14.9. The Morgan fingerprint density at radius 2 is 1.47 bits per heavy atom. The van der Waals surface area contributed by atoms with Gasteiger partial charge in [0.25, 0.3) is 0 Å². The molecule has 2 aromatic carbocycles. The van der Waals surface area contributed by atoms with Crippen molar-refractivity contribution >= 4 is 10.9 Å². The van der Waals surface area contributed by atoms with E-state index in [2.05, 4.69) is 58.0 Å². The van der Waals surface area contributed by atoms with Crippen LogP contribution in [0.1, 0.15) is 112 Å². The first kappa shape index (κ1) is 24.2. The van der Waals surface area contributed by atoms with Crippen molar-refractivity contribution in [2.45, 2.75) is 115 Å². The van der Waals surface area contributed by atoms with Crippen LogP contribution in [0.3, 0.4) is 0 Å². The lowest BCUT2D eigenvalue weighted by Gasteiger charge is -2.40. The number of rotatable bonds is 3. The molecule has 1 N–H and O–H groups in total. The van der Waals surface area contributed by atoms with Crippen molar-refractivity contribution in [1.29, 1.82) is 0 Å². The standard InChI is InChI=1S/C33H44N2O/c36-33(20-11-6-4-2-1-3-5-7-12-21-33)27-18-19-30-29(24-27)28-16-13-17-31-32(28)35(30)23-22-34(31)25-26-14-9-8-10-15-26/h8-10,14-15,18-19,24,31,36H,1-7,11-13,16-17,20-23,25H2. The van der Waals surface area contributed by atoms with Gasteiger partial charge in [-0.1, -0.05) is 94.2 Å². The van der Waals surface area contributed by atoms with E-state index in [9.17, 15) is 5.11 Å². The number of nitrogens with zero attached hydrogens (tertiary/aromatic N) is 2. The van der Waals surface area contributed by atoms with Gasteiger partial charge in [0.1, 0.15) is 0 Å². The Morgan fingerprint density at radius 1 is 0.778 bits per heavy atom. The molecule has 0 amide bonds. The molecule has 192 valence electrons. The van der Waals surface area contributed by atoms with Gasteiger partial charge in [-0.2, -0.15) is 0 Å². The highest BCUT2D eigenvalue weighted by molar-refractivity contribution is 5.87. The molecule has 0 saturated heterocycles. The fraction of sp³-hybridized carbons (Fsp3) is 0.576. The minimum atomic E-state index is -0.671. The summed E-state index contributed by atoms with van der Waals surface area (Å²) in [6, 6.07) is 18.5. The molecule has 0 spiro atoms. The molecule has 3 nitrogen and oxygen atoms in total. The molecule has 36 heavy (non-hydrogen) atoms. The van der Waals surface area contributed by atoms with Crippen molar-refractivity contribution in [1.82, 2.24) is 9.47 Å². The van der Waals surface area contributed by atoms with E-state index in [4.69, 9.17) is 0 Å². The third-order valence-electron chi connectivity index (χ3n) is 9.43. The molecular weight excluding hydrogens is 440 g/mol. The Balaban J connectivity index is 1.32. The van der Waals surface area contributed by atoms with Crippen LogP contribution in [-0.2, 0) is 25.1 Å². The summed E-state index contributed by atoms with van der Waals surface area (Å²) >= 11 is 0. The van der Waals surface area contributed by atoms with Gasteiger partial charge < -0.3 is 9.67 Å². The van der Waals surface area contributed by atoms with Crippen molar-refractivity contribution in [3.05, 3.63) is 70.9 Å². The van der Waals surface area contributed by atoms with Crippen LogP contribution in [-0.4, -0.2) is 21.1 Å². The lowest BCUT2D eigenvalue weighted by atomic mass is 9.82. The number of hydrogen-bond donors (Lipinski definition) is 1. The average Bonchev–Trinajstić information content (AvgIpc) is 3.23. The van der Waals surface area contributed by atoms with Gasteiger partial charge in [-0.15, -0.1) is 0 Å². The Bertz CT molecular complexity index is 1150. The van der Waals surface area contributed by atoms with E-state index < -0.39 is 5.60 Å². The molecule has 0 bridgehead atoms. The van der Waals surface area contributed by atoms with Crippen molar-refractivity contribution in [3.8, 4) is 0 Å². The normalized spacial score (nSPS) is 23.5. The molecule has 3 aromatic rings. The Kier molecular flexibility index (Phi) is 7.22. The summed E-state index contributed by atoms with van der Waals surface area (Å²) in [5.74, 6) is 0. The predicted octanol–water partition coefficient (Wildman–Crippen LogP) is 8.03. The average molecular weight is 485 g/mol. The second kappa shape index (κ2) is 10.7. The molecule has 0 radical (unpaired) electrons. The minimum absolute atomic E-state index is 0.517. The Hall–Kier alpha value is -2.10. The highest BCUT2D eigenvalue weighted by atomic mass is 16.3. The number of hydrogen-bond acceptors (Lipinski definition) is 2. The van der Waals surface area contributed by atoms with Gasteiger partial charge in [0, 0.05) is 36.2 Å². The number of aliphatic hydroxyl groups is 1. The SMILES string of the molecule is OC1(c2ccc3c(c2)c2c4n3CCN(Cc3ccccc3)C4CCC2)CCCCCCCCCCC1. The van der Waals surface area contributed by atoms with Gasteiger partial charge in [-0.25, -0.2) is 0 Å². The van der Waals surface area contributed by atoms with Crippen LogP contribution < -0.4 is 0 Å². The molecule has 3 heteroatoms. The van der Waals surface area contributed by atoms with Crippen LogP contribution >= 0.6 is 0 Å². The largest absolute Gasteiger partial charge is 0.385 e. The van der Waals surface area contributed by atoms with Crippen LogP contribution in [0.4, 0.5) is 0 Å². The monoisotopic (exact) mass is 484 g/mol. The molecule has 2 heterocycles. The van der Waals surface area contributed by atoms with Crippen LogP contribution in [0.25, 0.3) is 10.9 Å². The summed E-state index contributed by atoms with van der Waals surface area (Å²) < 4.78 is 2.63. The van der Waals surface area contributed by atoms with E-state index in [0.29, 0.717) is 6.04 Å². The van der Waals surface area contributed by atoms with Gasteiger partial charge in [-0.05, 0) is 60.9 Å². The van der Waals surface area contributed by atoms with Crippen molar-refractivity contribution in [2.75, 3.05) is 6.54 Å². The topological polar surface area (TPSA) is 28.4 Å². The van der Waals surface area contributed by atoms with E-state index in [0.717, 1.165) is 45.3 Å². The molecule has 1 aliphatic heterocycles. The zero-order valence-electron chi connectivity index (χ0n) is 22.1. The van der Waals surface area contributed by atoms with Gasteiger partial charge in [0.05, 0.1) is 11.6 Å². The van der Waals surface area contributed by atoms with Crippen LogP contribution in [0.2, 0.25) is 0 Å². The number of aromatic nitrogens is 1. The highest BCUT2D eigenvalue weighted by Crippen LogP contribution is 2.44. The zero-order valence-corrected chi connectivity index (χ0v) is 22.1. The van der Waals surface area contributed by atoms with Gasteiger partial charge in [-0.3, -0.25) is 4.90 Å². The first-order valence-electron chi connectivity index (χ1n) is 14.9. The highest BCUT2D eigenvalue weighted by Gasteiger charge is 2.36. The molecule has 6 rings (SSSR count). The third-order valence-corrected chi connectivity index (χ3v) is 9.43. The molecule has 1 unspecified atom stereocenters. The van der Waals surface area contributed by atoms with Gasteiger partial charge >= 0.3 is 0 Å². The fourth-order valence-corrected chi connectivity index (χ4v) is 7.46. The summed E-state index contributed by atoms with van der Waals surface area (Å²) in [6.45, 7) is 3.22. The molecular formula is C33H44N2O. The molecule has 3 aliphatic rings. The minimum Gasteiger partial charge on any atom is -0.385 e. The summed E-state index contributed by atoms with van der Waals surface area (Å²) in [6.07, 6.45) is 17.1. The van der Waals surface area contributed by atoms with Gasteiger partial charge in [0.15, 0.2) is 0 Å². The quantitative estimate of drug-likeness (QED) is 0.408. The van der Waals surface area contributed by atoms with E-state index in [-0.39, 0.29) is 0 Å². The van der Waals surface area contributed by atoms with Crippen molar-refractivity contribution in [2.24, 2.45) is 0 Å². The number of aryl methyl sites for hydroxylation is 1. The van der Waals surface area contributed by atoms with Crippen LogP contribution in [0.15, 0.2) is 48.5 Å². The third kappa shape index (κ3) is 4.77. The molecule has 1 aromatic heterocycles. The Morgan fingerprint density at radius 3 is 2.19 bits per heavy atom. The maximum Gasteiger partial charge on any atom is 0.0896 e. The Labute approximate surface area is 217 Å². The van der Waals surface area contributed by atoms with Crippen LogP contribution in [0, 0.1) is 0 Å². The smallest absolute Gasteiger partial charge is 0.0896 e. The first-order chi connectivity index (χ1) is 17.7. The van der Waals surface area contributed by atoms with E-state index in [1.165, 1.54) is 86.2 Å². The maximum atomic E-state index is 12.0. The summed E-state index contributed by atoms with van der Waals surface area (Å²) in [7, 11) is 0. The molecule has 2 aliphatic carbocycles. The van der Waals surface area contributed by atoms with E-state index in [1.54, 1.807) is 11.3 Å². The lowest BCUT2D eigenvalue weighted by molar-refractivity contribution is 0.0131. The summed E-state index contributed by atoms with van der Waals surface area (Å²) in [5.41, 5.74) is 6.46. The molecule has 1 saturated carbocycles. The van der Waals surface area contributed by atoms with E-state index >= 15 is 0 Å². The van der Waals surface area contributed by atoms with Crippen molar-refractivity contribution < 1.29 is 5.11 Å². The van der Waals surface area contributed by atoms with Crippen molar-refractivity contribution in [3.63, 3.8) is 0 Å². The second-order valence-corrected chi connectivity index (χ2v) is 11.8. The summed E-state index contributed by atoms with van der Waals surface area (Å²) in [5, 5.41) is 13.4. The fourth-order valence-electron chi connectivity index (χ4n) is 7.46. The zero-order chi connectivity index (χ0) is 24.4. The summed E-state index contributed by atoms with van der Waals surface area (Å²) in [4.78, 5) is 2.72. The number of benzene rings is 2. The van der Waals surface area contributed by atoms with Gasteiger partial charge in [0.2, 0.25) is 0 Å².